The lowest BCUT2D eigenvalue weighted by atomic mass is 10.0. The molecule has 0 amide bonds. The van der Waals surface area contributed by atoms with Crippen molar-refractivity contribution in [3.05, 3.63) is 62.1 Å². The highest BCUT2D eigenvalue weighted by molar-refractivity contribution is 6.42. The van der Waals surface area contributed by atoms with Gasteiger partial charge in [0.25, 0.3) is 0 Å². The molecule has 0 fully saturated rings. The number of anilines is 1. The topological polar surface area (TPSA) is 29.9 Å². The van der Waals surface area contributed by atoms with E-state index in [9.17, 15) is 0 Å². The smallest absolute Gasteiger partial charge is 0.133 e. The zero-order chi connectivity index (χ0) is 18.3. The van der Waals surface area contributed by atoms with Crippen molar-refractivity contribution in [3.63, 3.8) is 0 Å². The van der Waals surface area contributed by atoms with E-state index in [2.05, 4.69) is 5.32 Å². The third-order valence-corrected chi connectivity index (χ3v) is 5.85. The Balaban J connectivity index is 1.96. The van der Waals surface area contributed by atoms with Crippen LogP contribution in [-0.4, -0.2) is 16.3 Å². The predicted octanol–water partition coefficient (Wildman–Crippen LogP) is 6.90. The van der Waals surface area contributed by atoms with Crippen LogP contribution in [0.15, 0.2) is 36.4 Å². The first-order chi connectivity index (χ1) is 12.6. The highest BCUT2D eigenvalue weighted by Crippen LogP contribution is 2.40. The first-order valence-corrected chi connectivity index (χ1v) is 9.83. The summed E-state index contributed by atoms with van der Waals surface area (Å²) in [6.45, 7) is 0.885. The maximum absolute atomic E-state index is 6.46. The second kappa shape index (κ2) is 7.32. The van der Waals surface area contributed by atoms with Crippen molar-refractivity contribution in [1.29, 1.82) is 0 Å². The van der Waals surface area contributed by atoms with Gasteiger partial charge in [-0.15, -0.1) is 0 Å². The molecule has 1 aliphatic rings. The molecule has 0 bridgehead atoms. The van der Waals surface area contributed by atoms with Crippen LogP contribution in [0, 0.1) is 0 Å². The largest absolute Gasteiger partial charge is 0.370 e. The molecule has 0 aliphatic carbocycles. The van der Waals surface area contributed by atoms with Crippen molar-refractivity contribution in [2.75, 3.05) is 11.9 Å². The first kappa shape index (κ1) is 18.0. The van der Waals surface area contributed by atoms with Crippen molar-refractivity contribution < 1.29 is 0 Å². The lowest BCUT2D eigenvalue weighted by molar-refractivity contribution is 0.780. The molecule has 7 heteroatoms. The minimum atomic E-state index is 0.486. The fourth-order valence-electron chi connectivity index (χ4n) is 3.23. The van der Waals surface area contributed by atoms with Gasteiger partial charge < -0.3 is 5.32 Å². The minimum absolute atomic E-state index is 0.486. The Morgan fingerprint density at radius 1 is 0.885 bits per heavy atom. The second-order valence-corrected chi connectivity index (χ2v) is 7.80. The summed E-state index contributed by atoms with van der Waals surface area (Å²) >= 11 is 25.2. The molecule has 134 valence electrons. The highest BCUT2D eigenvalue weighted by Gasteiger charge is 2.24. The van der Waals surface area contributed by atoms with E-state index in [-0.39, 0.29) is 0 Å². The molecule has 0 unspecified atom stereocenters. The van der Waals surface area contributed by atoms with Gasteiger partial charge in [0.05, 0.1) is 25.8 Å². The van der Waals surface area contributed by atoms with Gasteiger partial charge in [-0.1, -0.05) is 52.5 Å². The van der Waals surface area contributed by atoms with E-state index in [0.29, 0.717) is 20.1 Å². The lowest BCUT2D eigenvalue weighted by Crippen LogP contribution is -2.07. The van der Waals surface area contributed by atoms with E-state index < -0.39 is 0 Å². The van der Waals surface area contributed by atoms with Crippen LogP contribution in [0.4, 0.5) is 5.82 Å². The standard InChI is InChI=1S/C19H15Cl4N3/c20-13-8-7-11(10-16(13)23)26-19-12(4-1-2-9-24-19)18(25-26)17-14(21)5-3-6-15(17)22/h3,5-8,10,24H,1-2,4,9H2. The molecule has 0 radical (unpaired) electrons. The molecule has 3 nitrogen and oxygen atoms in total. The third kappa shape index (κ3) is 3.18. The first-order valence-electron chi connectivity index (χ1n) is 8.32. The summed E-state index contributed by atoms with van der Waals surface area (Å²) in [4.78, 5) is 0. The van der Waals surface area contributed by atoms with Gasteiger partial charge >= 0.3 is 0 Å². The van der Waals surface area contributed by atoms with Crippen LogP contribution in [0.3, 0.4) is 0 Å². The van der Waals surface area contributed by atoms with Crippen LogP contribution < -0.4 is 5.32 Å². The van der Waals surface area contributed by atoms with Crippen molar-refractivity contribution in [1.82, 2.24) is 9.78 Å². The summed E-state index contributed by atoms with van der Waals surface area (Å²) < 4.78 is 1.86. The van der Waals surface area contributed by atoms with Crippen LogP contribution in [0.5, 0.6) is 0 Å². The summed E-state index contributed by atoms with van der Waals surface area (Å²) in [5.74, 6) is 0.951. The van der Waals surface area contributed by atoms with E-state index in [0.717, 1.165) is 54.1 Å². The van der Waals surface area contributed by atoms with Crippen LogP contribution in [0.25, 0.3) is 16.9 Å². The number of hydrogen-bond donors (Lipinski definition) is 1. The molecule has 26 heavy (non-hydrogen) atoms. The van der Waals surface area contributed by atoms with Crippen molar-refractivity contribution in [2.45, 2.75) is 19.3 Å². The molecular formula is C19H15Cl4N3. The van der Waals surface area contributed by atoms with Gasteiger partial charge in [0.2, 0.25) is 0 Å². The zero-order valence-corrected chi connectivity index (χ0v) is 16.7. The van der Waals surface area contributed by atoms with Crippen LogP contribution in [0.2, 0.25) is 20.1 Å². The number of fused-ring (bicyclic) bond motifs is 1. The number of nitrogens with zero attached hydrogens (tertiary/aromatic N) is 2. The zero-order valence-electron chi connectivity index (χ0n) is 13.7. The molecule has 0 spiro atoms. The van der Waals surface area contributed by atoms with Crippen molar-refractivity contribution in [3.8, 4) is 16.9 Å². The molecule has 1 aromatic heterocycles. The van der Waals surface area contributed by atoms with Crippen molar-refractivity contribution >= 4 is 52.2 Å². The number of aromatic nitrogens is 2. The Kier molecular flexibility index (Phi) is 5.07. The normalized spacial score (nSPS) is 13.8. The van der Waals surface area contributed by atoms with E-state index in [1.165, 1.54) is 0 Å². The molecule has 2 heterocycles. The van der Waals surface area contributed by atoms with Gasteiger partial charge in [-0.25, -0.2) is 4.68 Å². The van der Waals surface area contributed by atoms with Crippen LogP contribution in [-0.2, 0) is 6.42 Å². The van der Waals surface area contributed by atoms with E-state index in [1.54, 1.807) is 6.07 Å². The van der Waals surface area contributed by atoms with E-state index in [1.807, 2.05) is 35.0 Å². The minimum Gasteiger partial charge on any atom is -0.370 e. The molecule has 0 saturated heterocycles. The van der Waals surface area contributed by atoms with Gasteiger partial charge in [-0.3, -0.25) is 0 Å². The Morgan fingerprint density at radius 2 is 1.65 bits per heavy atom. The molecule has 3 aromatic rings. The fraction of sp³-hybridized carbons (Fsp3) is 0.211. The molecule has 0 atom stereocenters. The molecule has 1 aliphatic heterocycles. The van der Waals surface area contributed by atoms with Crippen LogP contribution >= 0.6 is 46.4 Å². The van der Waals surface area contributed by atoms with Gasteiger partial charge in [0, 0.05) is 17.7 Å². The van der Waals surface area contributed by atoms with Gasteiger partial charge in [0.1, 0.15) is 11.5 Å². The van der Waals surface area contributed by atoms with Crippen molar-refractivity contribution in [2.24, 2.45) is 0 Å². The molecule has 0 saturated carbocycles. The lowest BCUT2D eigenvalue weighted by Gasteiger charge is -2.10. The molecule has 4 rings (SSSR count). The highest BCUT2D eigenvalue weighted by atomic mass is 35.5. The number of rotatable bonds is 2. The maximum atomic E-state index is 6.46. The summed E-state index contributed by atoms with van der Waals surface area (Å²) in [5.41, 5.74) is 3.51. The summed E-state index contributed by atoms with van der Waals surface area (Å²) in [7, 11) is 0. The Labute approximate surface area is 171 Å². The van der Waals surface area contributed by atoms with E-state index in [4.69, 9.17) is 51.5 Å². The SMILES string of the molecule is Clc1ccc(-n2nc(-c3c(Cl)cccc3Cl)c3c2NCCCC3)cc1Cl. The summed E-state index contributed by atoms with van der Waals surface area (Å²) in [5, 5.41) is 10.5. The van der Waals surface area contributed by atoms with Gasteiger partial charge in [-0.05, 0) is 49.6 Å². The molecular weight excluding hydrogens is 412 g/mol. The summed E-state index contributed by atoms with van der Waals surface area (Å²) in [6.07, 6.45) is 3.06. The predicted molar refractivity (Wildman–Crippen MR) is 110 cm³/mol. The number of halogens is 4. The Bertz CT molecular complexity index is 961. The Hall–Kier alpha value is -1.39. The molecule has 1 N–H and O–H groups in total. The number of hydrogen-bond acceptors (Lipinski definition) is 2. The van der Waals surface area contributed by atoms with E-state index >= 15 is 0 Å². The maximum Gasteiger partial charge on any atom is 0.133 e. The third-order valence-electron chi connectivity index (χ3n) is 4.48. The quantitative estimate of drug-likeness (QED) is 0.482. The number of benzene rings is 2. The molecule has 2 aromatic carbocycles. The van der Waals surface area contributed by atoms with Crippen LogP contribution in [0.1, 0.15) is 18.4 Å². The number of nitrogens with one attached hydrogen (secondary N) is 1. The fourth-order valence-corrected chi connectivity index (χ4v) is 4.10. The average molecular weight is 427 g/mol. The van der Waals surface area contributed by atoms with Gasteiger partial charge in [-0.2, -0.15) is 5.10 Å². The van der Waals surface area contributed by atoms with Gasteiger partial charge in [0.15, 0.2) is 0 Å². The summed E-state index contributed by atoms with van der Waals surface area (Å²) in [6, 6.07) is 11.0. The second-order valence-electron chi connectivity index (χ2n) is 6.17. The average Bonchev–Trinajstić information content (AvgIpc) is 2.79. The monoisotopic (exact) mass is 425 g/mol. The Morgan fingerprint density at radius 3 is 2.38 bits per heavy atom.